The highest BCUT2D eigenvalue weighted by molar-refractivity contribution is 5.94. The Hall–Kier alpha value is -3.35. The van der Waals surface area contributed by atoms with Crippen LogP contribution in [0.4, 0.5) is 11.6 Å². The summed E-state index contributed by atoms with van der Waals surface area (Å²) >= 11 is 0. The van der Waals surface area contributed by atoms with Gasteiger partial charge in [0.05, 0.1) is 0 Å². The minimum atomic E-state index is -0.0810. The van der Waals surface area contributed by atoms with Crippen LogP contribution in [0.15, 0.2) is 54.9 Å². The van der Waals surface area contributed by atoms with Crippen molar-refractivity contribution in [2.45, 2.75) is 19.8 Å². The number of nitrogens with one attached hydrogen (secondary N) is 2. The molecule has 2 aromatic heterocycles. The maximum atomic E-state index is 12.4. The lowest BCUT2D eigenvalue weighted by molar-refractivity contribution is 0.0955. The zero-order valence-corrected chi connectivity index (χ0v) is 16.6. The Labute approximate surface area is 170 Å². The van der Waals surface area contributed by atoms with Crippen molar-refractivity contribution in [1.82, 2.24) is 19.9 Å². The monoisotopic (exact) mass is 390 g/mol. The third kappa shape index (κ3) is 4.74. The number of nitrogens with zero attached hydrogens (tertiary/aromatic N) is 4. The molecular weight excluding hydrogens is 364 g/mol. The van der Waals surface area contributed by atoms with E-state index in [2.05, 4.69) is 25.5 Å². The molecular formula is C22H26N6O. The summed E-state index contributed by atoms with van der Waals surface area (Å²) in [6.07, 6.45) is 6.38. The number of hydrogen-bond donors (Lipinski definition) is 2. The molecule has 0 unspecified atom stereocenters. The standard InChI is InChI=1S/C22H26N6O/c1-17-25-20(16-21(26-17)28-14-4-5-15-28)23-10-11-24-22(29)18-6-8-19(9-7-18)27-12-2-3-13-27/h2-3,6-9,12-13,16H,4-5,10-11,14-15H2,1H3,(H,24,29)(H,23,25,26). The van der Waals surface area contributed by atoms with Crippen LogP contribution in [0, 0.1) is 6.92 Å². The van der Waals surface area contributed by atoms with Crippen molar-refractivity contribution in [3.63, 3.8) is 0 Å². The van der Waals surface area contributed by atoms with Gasteiger partial charge in [0.2, 0.25) is 0 Å². The van der Waals surface area contributed by atoms with Crippen molar-refractivity contribution in [2.24, 2.45) is 0 Å². The fourth-order valence-corrected chi connectivity index (χ4v) is 3.51. The van der Waals surface area contributed by atoms with Gasteiger partial charge in [-0.15, -0.1) is 0 Å². The first-order valence-electron chi connectivity index (χ1n) is 10.1. The first-order valence-corrected chi connectivity index (χ1v) is 10.1. The minimum absolute atomic E-state index is 0.0810. The molecule has 0 radical (unpaired) electrons. The van der Waals surface area contributed by atoms with Crippen molar-refractivity contribution in [3.8, 4) is 5.69 Å². The van der Waals surface area contributed by atoms with E-state index >= 15 is 0 Å². The highest BCUT2D eigenvalue weighted by Crippen LogP contribution is 2.20. The van der Waals surface area contributed by atoms with E-state index in [9.17, 15) is 4.79 Å². The maximum Gasteiger partial charge on any atom is 0.251 e. The molecule has 150 valence electrons. The summed E-state index contributed by atoms with van der Waals surface area (Å²) in [5.74, 6) is 2.44. The third-order valence-corrected chi connectivity index (χ3v) is 5.00. The third-order valence-electron chi connectivity index (χ3n) is 5.00. The fourth-order valence-electron chi connectivity index (χ4n) is 3.51. The van der Waals surface area contributed by atoms with Gasteiger partial charge >= 0.3 is 0 Å². The van der Waals surface area contributed by atoms with Gasteiger partial charge in [0, 0.05) is 55.9 Å². The molecule has 29 heavy (non-hydrogen) atoms. The number of amides is 1. The molecule has 1 amide bonds. The summed E-state index contributed by atoms with van der Waals surface area (Å²) in [7, 11) is 0. The van der Waals surface area contributed by atoms with E-state index in [4.69, 9.17) is 0 Å². The first kappa shape index (κ1) is 19.0. The van der Waals surface area contributed by atoms with Crippen LogP contribution in [0.2, 0.25) is 0 Å². The van der Waals surface area contributed by atoms with Crippen LogP contribution in [-0.2, 0) is 0 Å². The molecule has 4 rings (SSSR count). The molecule has 7 nitrogen and oxygen atoms in total. The SMILES string of the molecule is Cc1nc(NCCNC(=O)c2ccc(-n3cccc3)cc2)cc(N2CCCC2)n1. The van der Waals surface area contributed by atoms with Crippen LogP contribution in [0.5, 0.6) is 0 Å². The Morgan fingerprint density at radius 1 is 1.03 bits per heavy atom. The van der Waals surface area contributed by atoms with Gasteiger partial charge in [-0.1, -0.05) is 0 Å². The van der Waals surface area contributed by atoms with E-state index in [0.29, 0.717) is 18.7 Å². The molecule has 2 N–H and O–H groups in total. The summed E-state index contributed by atoms with van der Waals surface area (Å²) in [5, 5.41) is 6.23. The lowest BCUT2D eigenvalue weighted by Gasteiger charge is -2.17. The van der Waals surface area contributed by atoms with Crippen LogP contribution in [0.3, 0.4) is 0 Å². The average Bonchev–Trinajstić information content (AvgIpc) is 3.45. The molecule has 0 spiro atoms. The normalized spacial score (nSPS) is 13.5. The number of carbonyl (C=O) groups excluding carboxylic acids is 1. The van der Waals surface area contributed by atoms with Gasteiger partial charge in [0.1, 0.15) is 17.5 Å². The Morgan fingerprint density at radius 2 is 1.76 bits per heavy atom. The van der Waals surface area contributed by atoms with Crippen LogP contribution in [0.1, 0.15) is 29.0 Å². The van der Waals surface area contributed by atoms with Crippen LogP contribution < -0.4 is 15.5 Å². The number of carbonyl (C=O) groups is 1. The molecule has 0 aliphatic carbocycles. The lowest BCUT2D eigenvalue weighted by Crippen LogP contribution is -2.29. The molecule has 3 heterocycles. The van der Waals surface area contributed by atoms with Gasteiger partial charge in [-0.3, -0.25) is 4.79 Å². The lowest BCUT2D eigenvalue weighted by atomic mass is 10.2. The Morgan fingerprint density at radius 3 is 2.48 bits per heavy atom. The van der Waals surface area contributed by atoms with E-state index in [0.717, 1.165) is 36.2 Å². The van der Waals surface area contributed by atoms with Crippen LogP contribution >= 0.6 is 0 Å². The largest absolute Gasteiger partial charge is 0.368 e. The summed E-state index contributed by atoms with van der Waals surface area (Å²) in [5.41, 5.74) is 1.68. The predicted molar refractivity (Wildman–Crippen MR) is 115 cm³/mol. The maximum absolute atomic E-state index is 12.4. The van der Waals surface area contributed by atoms with Gasteiger partial charge in [-0.25, -0.2) is 9.97 Å². The topological polar surface area (TPSA) is 75.1 Å². The number of hydrogen-bond acceptors (Lipinski definition) is 5. The van der Waals surface area contributed by atoms with E-state index in [1.54, 1.807) is 0 Å². The Kier molecular flexibility index (Phi) is 5.74. The number of aromatic nitrogens is 3. The van der Waals surface area contributed by atoms with Gasteiger partial charge in [-0.05, 0) is 56.2 Å². The number of rotatable bonds is 7. The van der Waals surface area contributed by atoms with E-state index in [-0.39, 0.29) is 5.91 Å². The van der Waals surface area contributed by atoms with Crippen molar-refractivity contribution in [1.29, 1.82) is 0 Å². The Bertz CT molecular complexity index is 946. The zero-order chi connectivity index (χ0) is 20.1. The number of benzene rings is 1. The number of anilines is 2. The molecule has 1 aliphatic heterocycles. The highest BCUT2D eigenvalue weighted by Gasteiger charge is 2.15. The van der Waals surface area contributed by atoms with Crippen molar-refractivity contribution >= 4 is 17.5 Å². The van der Waals surface area contributed by atoms with Crippen molar-refractivity contribution in [2.75, 3.05) is 36.4 Å². The average molecular weight is 390 g/mol. The van der Waals surface area contributed by atoms with Crippen LogP contribution in [-0.4, -0.2) is 46.6 Å². The second-order valence-electron chi connectivity index (χ2n) is 7.17. The molecule has 0 atom stereocenters. The summed E-state index contributed by atoms with van der Waals surface area (Å²) in [6, 6.07) is 13.5. The summed E-state index contributed by atoms with van der Waals surface area (Å²) in [6.45, 7) is 5.12. The highest BCUT2D eigenvalue weighted by atomic mass is 16.1. The second kappa shape index (κ2) is 8.77. The van der Waals surface area contributed by atoms with Gasteiger partial charge < -0.3 is 20.1 Å². The summed E-state index contributed by atoms with van der Waals surface area (Å²) < 4.78 is 2.01. The van der Waals surface area contributed by atoms with Gasteiger partial charge in [0.15, 0.2) is 0 Å². The molecule has 1 aliphatic rings. The van der Waals surface area contributed by atoms with E-state index in [1.165, 1.54) is 12.8 Å². The molecule has 0 saturated carbocycles. The van der Waals surface area contributed by atoms with E-state index in [1.807, 2.05) is 66.3 Å². The van der Waals surface area contributed by atoms with E-state index < -0.39 is 0 Å². The molecule has 1 aromatic carbocycles. The summed E-state index contributed by atoms with van der Waals surface area (Å²) in [4.78, 5) is 23.6. The second-order valence-corrected chi connectivity index (χ2v) is 7.17. The fraction of sp³-hybridized carbons (Fsp3) is 0.318. The zero-order valence-electron chi connectivity index (χ0n) is 16.6. The quantitative estimate of drug-likeness (QED) is 0.607. The van der Waals surface area contributed by atoms with Crippen molar-refractivity contribution in [3.05, 3.63) is 66.2 Å². The van der Waals surface area contributed by atoms with Crippen molar-refractivity contribution < 1.29 is 4.79 Å². The molecule has 1 saturated heterocycles. The minimum Gasteiger partial charge on any atom is -0.368 e. The molecule has 7 heteroatoms. The molecule has 0 bridgehead atoms. The molecule has 1 fully saturated rings. The number of aryl methyl sites for hydroxylation is 1. The smallest absolute Gasteiger partial charge is 0.251 e. The van der Waals surface area contributed by atoms with Gasteiger partial charge in [0.25, 0.3) is 5.91 Å². The van der Waals surface area contributed by atoms with Crippen LogP contribution in [0.25, 0.3) is 5.69 Å². The Balaban J connectivity index is 1.27. The molecule has 3 aromatic rings. The van der Waals surface area contributed by atoms with Gasteiger partial charge in [-0.2, -0.15) is 0 Å². The first-order chi connectivity index (χ1) is 14.2. The predicted octanol–water partition coefficient (Wildman–Crippen LogP) is 3.02.